The molecule has 2 nitrogen and oxygen atoms in total. The largest absolute Gasteiger partial charge is 0.431 e. The zero-order chi connectivity index (χ0) is 12.3. The quantitative estimate of drug-likeness (QED) is 0.406. The molecule has 0 aliphatic carbocycles. The Labute approximate surface area is 105 Å². The molecule has 2 heteroatoms. The highest BCUT2D eigenvalue weighted by atomic mass is 16.5. The summed E-state index contributed by atoms with van der Waals surface area (Å²) in [4.78, 5) is 10.8. The van der Waals surface area contributed by atoms with E-state index in [9.17, 15) is 4.79 Å². The lowest BCUT2D eigenvalue weighted by Crippen LogP contribution is -1.93. The highest BCUT2D eigenvalue weighted by Crippen LogP contribution is 2.18. The molecule has 1 heterocycles. The fraction of sp³-hybridized carbons (Fsp3) is 0.800. The van der Waals surface area contributed by atoms with Gasteiger partial charge >= 0.3 is 5.97 Å². The van der Waals surface area contributed by atoms with Crippen LogP contribution in [0.25, 0.3) is 0 Å². The third kappa shape index (κ3) is 7.19. The minimum Gasteiger partial charge on any atom is -0.431 e. The fourth-order valence-electron chi connectivity index (χ4n) is 2.19. The van der Waals surface area contributed by atoms with Gasteiger partial charge in [-0.1, -0.05) is 58.3 Å². The van der Waals surface area contributed by atoms with Gasteiger partial charge in [-0.3, -0.25) is 4.79 Å². The Morgan fingerprint density at radius 1 is 1.00 bits per heavy atom. The molecule has 0 aromatic heterocycles. The van der Waals surface area contributed by atoms with E-state index in [4.69, 9.17) is 4.74 Å². The van der Waals surface area contributed by atoms with Gasteiger partial charge in [0.15, 0.2) is 0 Å². The van der Waals surface area contributed by atoms with E-state index in [0.717, 1.165) is 18.6 Å². The third-order valence-corrected chi connectivity index (χ3v) is 3.27. The number of carbonyl (C=O) groups excluding carboxylic acids is 1. The molecule has 0 unspecified atom stereocenters. The Balaban J connectivity index is 1.80. The average molecular weight is 238 g/mol. The Morgan fingerprint density at radius 2 is 1.59 bits per heavy atom. The Hall–Kier alpha value is -0.790. The molecule has 98 valence electrons. The zero-order valence-corrected chi connectivity index (χ0v) is 11.2. The lowest BCUT2D eigenvalue weighted by molar-refractivity contribution is -0.136. The molecule has 0 saturated heterocycles. The van der Waals surface area contributed by atoms with E-state index in [-0.39, 0.29) is 5.97 Å². The highest BCUT2D eigenvalue weighted by Gasteiger charge is 2.12. The van der Waals surface area contributed by atoms with Crippen molar-refractivity contribution < 1.29 is 9.53 Å². The summed E-state index contributed by atoms with van der Waals surface area (Å²) in [5, 5.41) is 0. The van der Waals surface area contributed by atoms with Gasteiger partial charge in [0, 0.05) is 6.42 Å². The van der Waals surface area contributed by atoms with Crippen molar-refractivity contribution in [3.8, 4) is 0 Å². The third-order valence-electron chi connectivity index (χ3n) is 3.27. The van der Waals surface area contributed by atoms with Gasteiger partial charge in [-0.15, -0.1) is 0 Å². The first kappa shape index (κ1) is 14.3. The number of cyclic esters (lactones) is 1. The van der Waals surface area contributed by atoms with Crippen molar-refractivity contribution in [2.24, 2.45) is 0 Å². The molecule has 1 rings (SSSR count). The van der Waals surface area contributed by atoms with Gasteiger partial charge in [0.2, 0.25) is 0 Å². The van der Waals surface area contributed by atoms with E-state index in [2.05, 4.69) is 6.92 Å². The van der Waals surface area contributed by atoms with Gasteiger partial charge in [0.1, 0.15) is 5.76 Å². The van der Waals surface area contributed by atoms with Gasteiger partial charge in [-0.05, 0) is 12.5 Å². The Bertz CT molecular complexity index is 243. The predicted molar refractivity (Wildman–Crippen MR) is 70.6 cm³/mol. The summed E-state index contributed by atoms with van der Waals surface area (Å²) in [6.07, 6.45) is 15.4. The van der Waals surface area contributed by atoms with E-state index in [1.54, 1.807) is 0 Å². The van der Waals surface area contributed by atoms with Crippen molar-refractivity contribution in [1.29, 1.82) is 0 Å². The zero-order valence-electron chi connectivity index (χ0n) is 11.2. The van der Waals surface area contributed by atoms with Crippen molar-refractivity contribution >= 4 is 5.97 Å². The Kier molecular flexibility index (Phi) is 7.78. The average Bonchev–Trinajstić information content (AvgIpc) is 2.73. The minimum atomic E-state index is -0.0871. The molecular formula is C15H26O2. The number of carbonyl (C=O) groups is 1. The lowest BCUT2D eigenvalue weighted by atomic mass is 10.1. The minimum absolute atomic E-state index is 0.0871. The molecule has 1 aliphatic rings. The standard InChI is InChI=1S/C15H26O2/c1-2-3-4-5-6-7-8-9-10-11-14-12-13-15(16)17-14/h12H,2-11,13H2,1H3. The molecule has 0 N–H and O–H groups in total. The van der Waals surface area contributed by atoms with Gasteiger partial charge in [-0.25, -0.2) is 0 Å². The molecular weight excluding hydrogens is 212 g/mol. The molecule has 0 saturated carbocycles. The SMILES string of the molecule is CCCCCCCCCCCC1=CCC(=O)O1. The number of allylic oxidation sites excluding steroid dienone is 1. The van der Waals surface area contributed by atoms with Crippen LogP contribution in [0.2, 0.25) is 0 Å². The molecule has 0 bridgehead atoms. The van der Waals surface area contributed by atoms with E-state index >= 15 is 0 Å². The molecule has 0 amide bonds. The van der Waals surface area contributed by atoms with Crippen molar-refractivity contribution in [3.63, 3.8) is 0 Å². The highest BCUT2D eigenvalue weighted by molar-refractivity contribution is 5.75. The first-order chi connectivity index (χ1) is 8.33. The van der Waals surface area contributed by atoms with Crippen LogP contribution in [0, 0.1) is 0 Å². The second-order valence-corrected chi connectivity index (χ2v) is 4.93. The normalized spacial score (nSPS) is 14.9. The number of esters is 1. The fourth-order valence-corrected chi connectivity index (χ4v) is 2.19. The first-order valence-corrected chi connectivity index (χ1v) is 7.22. The summed E-state index contributed by atoms with van der Waals surface area (Å²) in [7, 11) is 0. The second-order valence-electron chi connectivity index (χ2n) is 4.93. The van der Waals surface area contributed by atoms with Crippen molar-refractivity contribution in [1.82, 2.24) is 0 Å². The van der Waals surface area contributed by atoms with Gasteiger partial charge in [-0.2, -0.15) is 0 Å². The summed E-state index contributed by atoms with van der Waals surface area (Å²) >= 11 is 0. The van der Waals surface area contributed by atoms with Gasteiger partial charge in [0.25, 0.3) is 0 Å². The summed E-state index contributed by atoms with van der Waals surface area (Å²) in [6, 6.07) is 0. The maximum absolute atomic E-state index is 10.8. The van der Waals surface area contributed by atoms with Crippen LogP contribution in [0.1, 0.15) is 77.6 Å². The molecule has 1 aliphatic heterocycles. The smallest absolute Gasteiger partial charge is 0.314 e. The van der Waals surface area contributed by atoms with Crippen molar-refractivity contribution in [3.05, 3.63) is 11.8 Å². The van der Waals surface area contributed by atoms with Crippen LogP contribution in [-0.2, 0) is 9.53 Å². The van der Waals surface area contributed by atoms with Crippen LogP contribution in [-0.4, -0.2) is 5.97 Å². The number of ether oxygens (including phenoxy) is 1. The van der Waals surface area contributed by atoms with E-state index in [1.807, 2.05) is 6.08 Å². The molecule has 0 atom stereocenters. The van der Waals surface area contributed by atoms with Crippen molar-refractivity contribution in [2.75, 3.05) is 0 Å². The van der Waals surface area contributed by atoms with Crippen LogP contribution in [0.4, 0.5) is 0 Å². The molecule has 0 radical (unpaired) electrons. The van der Waals surface area contributed by atoms with Gasteiger partial charge in [0.05, 0.1) is 6.42 Å². The van der Waals surface area contributed by atoms with Gasteiger partial charge < -0.3 is 4.74 Å². The van der Waals surface area contributed by atoms with Crippen LogP contribution in [0.15, 0.2) is 11.8 Å². The van der Waals surface area contributed by atoms with Crippen LogP contribution < -0.4 is 0 Å². The maximum atomic E-state index is 10.8. The summed E-state index contributed by atoms with van der Waals surface area (Å²) < 4.78 is 5.06. The summed E-state index contributed by atoms with van der Waals surface area (Å²) in [5.41, 5.74) is 0. The number of rotatable bonds is 10. The van der Waals surface area contributed by atoms with E-state index < -0.39 is 0 Å². The van der Waals surface area contributed by atoms with Crippen molar-refractivity contribution in [2.45, 2.75) is 77.6 Å². The lowest BCUT2D eigenvalue weighted by Gasteiger charge is -2.03. The number of hydrogen-bond acceptors (Lipinski definition) is 2. The van der Waals surface area contributed by atoms with E-state index in [0.29, 0.717) is 6.42 Å². The summed E-state index contributed by atoms with van der Waals surface area (Å²) in [6.45, 7) is 2.25. The molecule has 0 fully saturated rings. The molecule has 0 aromatic carbocycles. The number of unbranched alkanes of at least 4 members (excludes halogenated alkanes) is 8. The van der Waals surface area contributed by atoms with Crippen LogP contribution >= 0.6 is 0 Å². The van der Waals surface area contributed by atoms with Crippen LogP contribution in [0.3, 0.4) is 0 Å². The number of hydrogen-bond donors (Lipinski definition) is 0. The molecule has 17 heavy (non-hydrogen) atoms. The molecule has 0 aromatic rings. The first-order valence-electron chi connectivity index (χ1n) is 7.22. The monoisotopic (exact) mass is 238 g/mol. The Morgan fingerprint density at radius 3 is 2.12 bits per heavy atom. The topological polar surface area (TPSA) is 26.3 Å². The molecule has 0 spiro atoms. The second kappa shape index (κ2) is 9.26. The maximum Gasteiger partial charge on any atom is 0.314 e. The summed E-state index contributed by atoms with van der Waals surface area (Å²) in [5.74, 6) is 0.814. The van der Waals surface area contributed by atoms with E-state index in [1.165, 1.54) is 51.4 Å². The van der Waals surface area contributed by atoms with Crippen LogP contribution in [0.5, 0.6) is 0 Å². The predicted octanol–water partition coefficient (Wildman–Crippen LogP) is 4.74.